The molecule has 2 nitrogen and oxygen atoms in total. The molecule has 0 unspecified atom stereocenters. The van der Waals surface area contributed by atoms with Crippen molar-refractivity contribution >= 4 is 11.8 Å². The van der Waals surface area contributed by atoms with Gasteiger partial charge >= 0.3 is 0 Å². The van der Waals surface area contributed by atoms with Crippen LogP contribution in [0, 0.1) is 16.7 Å². The quantitative estimate of drug-likeness (QED) is 0.812. The lowest BCUT2D eigenvalue weighted by atomic mass is 9.91. The largest absolute Gasteiger partial charge is 0.508 e. The number of aromatic hydroxyl groups is 1. The number of phenolic OH excluding ortho intramolecular Hbond substituents is 1. The normalized spacial score (nSPS) is 18.2. The predicted octanol–water partition coefficient (Wildman–Crippen LogP) is 3.57. The second kappa shape index (κ2) is 4.80. The van der Waals surface area contributed by atoms with Crippen LogP contribution in [-0.2, 0) is 0 Å². The van der Waals surface area contributed by atoms with E-state index >= 15 is 0 Å². The molecule has 0 spiro atoms. The van der Waals surface area contributed by atoms with Crippen molar-refractivity contribution in [2.24, 2.45) is 5.41 Å². The molecule has 0 bridgehead atoms. The topological polar surface area (TPSA) is 44.0 Å². The molecule has 1 N–H and O–H groups in total. The second-order valence-electron chi connectivity index (χ2n) is 4.39. The van der Waals surface area contributed by atoms with E-state index in [9.17, 15) is 10.4 Å². The van der Waals surface area contributed by atoms with Crippen molar-refractivity contribution in [2.45, 2.75) is 30.6 Å². The molecular formula is C13H15NOS. The Labute approximate surface area is 100 Å². The predicted molar refractivity (Wildman–Crippen MR) is 65.3 cm³/mol. The Morgan fingerprint density at radius 2 is 2.12 bits per heavy atom. The summed E-state index contributed by atoms with van der Waals surface area (Å²) in [5.41, 5.74) is -0.129. The average Bonchev–Trinajstić information content (AvgIpc) is 2.76. The summed E-state index contributed by atoms with van der Waals surface area (Å²) in [7, 11) is 0. The molecule has 0 amide bonds. The lowest BCUT2D eigenvalue weighted by Crippen LogP contribution is -2.16. The molecule has 0 atom stereocenters. The first-order chi connectivity index (χ1) is 7.74. The van der Waals surface area contributed by atoms with E-state index in [1.165, 1.54) is 12.8 Å². The Morgan fingerprint density at radius 1 is 1.38 bits per heavy atom. The summed E-state index contributed by atoms with van der Waals surface area (Å²) in [5, 5.41) is 18.6. The molecule has 0 saturated heterocycles. The van der Waals surface area contributed by atoms with Gasteiger partial charge in [-0.2, -0.15) is 5.26 Å². The molecular weight excluding hydrogens is 218 g/mol. The minimum atomic E-state index is -0.129. The smallest absolute Gasteiger partial charge is 0.116 e. The van der Waals surface area contributed by atoms with Gasteiger partial charge in [0.15, 0.2) is 0 Å². The van der Waals surface area contributed by atoms with Crippen LogP contribution in [0.2, 0.25) is 0 Å². The zero-order chi connectivity index (χ0) is 11.4. The van der Waals surface area contributed by atoms with Crippen LogP contribution in [0.15, 0.2) is 29.2 Å². The van der Waals surface area contributed by atoms with E-state index in [1.807, 2.05) is 12.1 Å². The summed E-state index contributed by atoms with van der Waals surface area (Å²) < 4.78 is 0. The van der Waals surface area contributed by atoms with Gasteiger partial charge in [0.2, 0.25) is 0 Å². The summed E-state index contributed by atoms with van der Waals surface area (Å²) in [5.74, 6) is 1.13. The summed E-state index contributed by atoms with van der Waals surface area (Å²) in [6, 6.07) is 9.72. The van der Waals surface area contributed by atoms with Crippen molar-refractivity contribution in [3.05, 3.63) is 24.3 Å². The summed E-state index contributed by atoms with van der Waals surface area (Å²) in [6.45, 7) is 0. The van der Waals surface area contributed by atoms with E-state index in [-0.39, 0.29) is 5.41 Å². The molecule has 84 valence electrons. The van der Waals surface area contributed by atoms with Gasteiger partial charge in [-0.1, -0.05) is 18.9 Å². The van der Waals surface area contributed by atoms with Crippen LogP contribution in [0.1, 0.15) is 25.7 Å². The average molecular weight is 233 g/mol. The maximum absolute atomic E-state index is 9.35. The number of nitriles is 1. The third-order valence-electron chi connectivity index (χ3n) is 3.13. The third kappa shape index (κ3) is 2.51. The number of hydrogen-bond donors (Lipinski definition) is 1. The van der Waals surface area contributed by atoms with Gasteiger partial charge in [-0.05, 0) is 31.0 Å². The molecule has 1 saturated carbocycles. The SMILES string of the molecule is N#CC1(CSc2cccc(O)c2)CCCC1. The molecule has 2 rings (SSSR count). The fraction of sp³-hybridized carbons (Fsp3) is 0.462. The minimum absolute atomic E-state index is 0.129. The number of phenols is 1. The van der Waals surface area contributed by atoms with Crippen molar-refractivity contribution in [3.8, 4) is 11.8 Å². The van der Waals surface area contributed by atoms with Gasteiger partial charge in [-0.15, -0.1) is 11.8 Å². The Morgan fingerprint density at radius 3 is 2.75 bits per heavy atom. The molecule has 1 fully saturated rings. The highest BCUT2D eigenvalue weighted by Crippen LogP contribution is 2.41. The summed E-state index contributed by atoms with van der Waals surface area (Å²) in [4.78, 5) is 1.04. The first kappa shape index (κ1) is 11.3. The molecule has 0 heterocycles. The fourth-order valence-corrected chi connectivity index (χ4v) is 3.31. The number of thioether (sulfide) groups is 1. The molecule has 1 aliphatic rings. The van der Waals surface area contributed by atoms with Crippen LogP contribution in [-0.4, -0.2) is 10.9 Å². The van der Waals surface area contributed by atoms with E-state index in [1.54, 1.807) is 23.9 Å². The summed E-state index contributed by atoms with van der Waals surface area (Å²) >= 11 is 1.67. The van der Waals surface area contributed by atoms with Crippen molar-refractivity contribution in [1.29, 1.82) is 5.26 Å². The van der Waals surface area contributed by atoms with Crippen molar-refractivity contribution in [2.75, 3.05) is 5.75 Å². The number of nitrogens with zero attached hydrogens (tertiary/aromatic N) is 1. The fourth-order valence-electron chi connectivity index (χ4n) is 2.13. The molecule has 1 aliphatic carbocycles. The lowest BCUT2D eigenvalue weighted by molar-refractivity contribution is 0.470. The maximum Gasteiger partial charge on any atom is 0.116 e. The van der Waals surface area contributed by atoms with E-state index in [0.717, 1.165) is 23.5 Å². The highest BCUT2D eigenvalue weighted by molar-refractivity contribution is 7.99. The molecule has 1 aromatic carbocycles. The lowest BCUT2D eigenvalue weighted by Gasteiger charge is -2.19. The highest BCUT2D eigenvalue weighted by Gasteiger charge is 2.33. The van der Waals surface area contributed by atoms with Gasteiger partial charge in [-0.25, -0.2) is 0 Å². The second-order valence-corrected chi connectivity index (χ2v) is 5.43. The van der Waals surface area contributed by atoms with Crippen molar-refractivity contribution in [1.82, 2.24) is 0 Å². The van der Waals surface area contributed by atoms with Crippen molar-refractivity contribution < 1.29 is 5.11 Å². The van der Waals surface area contributed by atoms with Gasteiger partial charge in [-0.3, -0.25) is 0 Å². The number of rotatable bonds is 3. The van der Waals surface area contributed by atoms with Gasteiger partial charge in [0.1, 0.15) is 5.75 Å². The van der Waals surface area contributed by atoms with E-state index in [0.29, 0.717) is 5.75 Å². The van der Waals surface area contributed by atoms with Gasteiger partial charge in [0.25, 0.3) is 0 Å². The van der Waals surface area contributed by atoms with Crippen LogP contribution in [0.4, 0.5) is 0 Å². The Kier molecular flexibility index (Phi) is 3.40. The number of hydrogen-bond acceptors (Lipinski definition) is 3. The molecule has 3 heteroatoms. The van der Waals surface area contributed by atoms with E-state index in [4.69, 9.17) is 0 Å². The Balaban J connectivity index is 1.99. The standard InChI is InChI=1S/C13H15NOS/c14-9-13(6-1-2-7-13)10-16-12-5-3-4-11(15)8-12/h3-5,8,15H,1-2,6-7,10H2. The minimum Gasteiger partial charge on any atom is -0.508 e. The van der Waals surface area contributed by atoms with Gasteiger partial charge in [0.05, 0.1) is 11.5 Å². The van der Waals surface area contributed by atoms with Gasteiger partial charge < -0.3 is 5.11 Å². The van der Waals surface area contributed by atoms with E-state index in [2.05, 4.69) is 6.07 Å². The van der Waals surface area contributed by atoms with Crippen LogP contribution in [0.5, 0.6) is 5.75 Å². The highest BCUT2D eigenvalue weighted by atomic mass is 32.2. The maximum atomic E-state index is 9.35. The zero-order valence-corrected chi connectivity index (χ0v) is 9.96. The molecule has 16 heavy (non-hydrogen) atoms. The Hall–Kier alpha value is -1.14. The van der Waals surface area contributed by atoms with Crippen LogP contribution in [0.25, 0.3) is 0 Å². The monoisotopic (exact) mass is 233 g/mol. The Bertz CT molecular complexity index is 405. The summed E-state index contributed by atoms with van der Waals surface area (Å²) in [6.07, 6.45) is 4.40. The van der Waals surface area contributed by atoms with Gasteiger partial charge in [0, 0.05) is 10.6 Å². The van der Waals surface area contributed by atoms with Crippen LogP contribution in [0.3, 0.4) is 0 Å². The molecule has 0 aliphatic heterocycles. The first-order valence-corrected chi connectivity index (χ1v) is 6.56. The zero-order valence-electron chi connectivity index (χ0n) is 9.15. The molecule has 1 aromatic rings. The molecule has 0 aromatic heterocycles. The number of benzene rings is 1. The molecule has 0 radical (unpaired) electrons. The van der Waals surface area contributed by atoms with Crippen LogP contribution >= 0.6 is 11.8 Å². The van der Waals surface area contributed by atoms with Crippen molar-refractivity contribution in [3.63, 3.8) is 0 Å². The van der Waals surface area contributed by atoms with Crippen LogP contribution < -0.4 is 0 Å². The first-order valence-electron chi connectivity index (χ1n) is 5.57. The van der Waals surface area contributed by atoms with E-state index < -0.39 is 0 Å². The third-order valence-corrected chi connectivity index (χ3v) is 4.41.